The van der Waals surface area contributed by atoms with Crippen molar-refractivity contribution < 1.29 is 9.13 Å². The molecule has 0 spiro atoms. The smallest absolute Gasteiger partial charge is 0.128 e. The number of hydrogen-bond acceptors (Lipinski definition) is 3. The third-order valence-electron chi connectivity index (χ3n) is 3.71. The molecule has 1 aromatic carbocycles. The summed E-state index contributed by atoms with van der Waals surface area (Å²) in [6.07, 6.45) is 0.987. The summed E-state index contributed by atoms with van der Waals surface area (Å²) in [6, 6.07) is 5.44. The lowest BCUT2D eigenvalue weighted by Crippen LogP contribution is -2.39. The molecule has 0 radical (unpaired) electrons. The number of aryl methyl sites for hydroxylation is 1. The normalized spacial score (nSPS) is 21.5. The first kappa shape index (κ1) is 13.5. The van der Waals surface area contributed by atoms with Crippen molar-refractivity contribution in [3.63, 3.8) is 0 Å². The van der Waals surface area contributed by atoms with Gasteiger partial charge in [-0.15, -0.1) is 0 Å². The highest BCUT2D eigenvalue weighted by Gasteiger charge is 2.28. The molecular formula is C14H21FN2O. The van der Waals surface area contributed by atoms with Crippen LogP contribution >= 0.6 is 0 Å². The van der Waals surface area contributed by atoms with E-state index in [4.69, 9.17) is 10.5 Å². The van der Waals surface area contributed by atoms with Gasteiger partial charge in [0.1, 0.15) is 5.82 Å². The summed E-state index contributed by atoms with van der Waals surface area (Å²) in [6.45, 7) is 3.87. The Kier molecular flexibility index (Phi) is 4.32. The van der Waals surface area contributed by atoms with Crippen molar-refractivity contribution in [3.8, 4) is 0 Å². The second kappa shape index (κ2) is 5.78. The Morgan fingerprint density at radius 2 is 2.33 bits per heavy atom. The third-order valence-corrected chi connectivity index (χ3v) is 3.71. The average molecular weight is 252 g/mol. The van der Waals surface area contributed by atoms with E-state index in [9.17, 15) is 4.39 Å². The molecule has 2 N–H and O–H groups in total. The Morgan fingerprint density at radius 3 is 2.94 bits per heavy atom. The second-order valence-corrected chi connectivity index (χ2v) is 4.96. The summed E-state index contributed by atoms with van der Waals surface area (Å²) in [5, 5.41) is 0. The Hall–Kier alpha value is -0.970. The van der Waals surface area contributed by atoms with Crippen LogP contribution in [0.5, 0.6) is 0 Å². The largest absolute Gasteiger partial charge is 0.380 e. The molecule has 1 saturated heterocycles. The fourth-order valence-electron chi connectivity index (χ4n) is 2.53. The molecule has 1 fully saturated rings. The van der Waals surface area contributed by atoms with E-state index >= 15 is 0 Å². The van der Waals surface area contributed by atoms with Crippen LogP contribution in [0.2, 0.25) is 0 Å². The van der Waals surface area contributed by atoms with Crippen LogP contribution in [0, 0.1) is 12.7 Å². The molecule has 0 amide bonds. The van der Waals surface area contributed by atoms with E-state index < -0.39 is 0 Å². The van der Waals surface area contributed by atoms with E-state index in [-0.39, 0.29) is 11.9 Å². The van der Waals surface area contributed by atoms with Gasteiger partial charge in [0, 0.05) is 30.8 Å². The van der Waals surface area contributed by atoms with Crippen molar-refractivity contribution in [2.75, 3.05) is 26.8 Å². The molecule has 2 rings (SSSR count). The first-order chi connectivity index (χ1) is 8.63. The molecule has 1 heterocycles. The zero-order valence-electron chi connectivity index (χ0n) is 11.0. The van der Waals surface area contributed by atoms with Crippen LogP contribution in [0.25, 0.3) is 0 Å². The number of nitrogens with two attached hydrogens (primary N) is 1. The molecule has 1 aliphatic heterocycles. The maximum atomic E-state index is 13.9. The minimum absolute atomic E-state index is 0.0865. The van der Waals surface area contributed by atoms with Gasteiger partial charge < -0.3 is 10.5 Å². The lowest BCUT2D eigenvalue weighted by molar-refractivity contribution is 0.133. The summed E-state index contributed by atoms with van der Waals surface area (Å²) in [7, 11) is 2.00. The highest BCUT2D eigenvalue weighted by Crippen LogP contribution is 2.26. The molecular weight excluding hydrogens is 231 g/mol. The quantitative estimate of drug-likeness (QED) is 0.889. The number of hydrogen-bond donors (Lipinski definition) is 1. The standard InChI is InChI=1S/C14H21FN2O/c1-10-3-4-13(15)12(7-10)14(8-16)17(2)11-5-6-18-9-11/h3-4,7,11,14H,5-6,8-9,16H2,1-2H3. The summed E-state index contributed by atoms with van der Waals surface area (Å²) < 4.78 is 19.3. The van der Waals surface area contributed by atoms with Crippen molar-refractivity contribution >= 4 is 0 Å². The van der Waals surface area contributed by atoms with Gasteiger partial charge in [0.2, 0.25) is 0 Å². The van der Waals surface area contributed by atoms with Crippen LogP contribution in [-0.4, -0.2) is 37.7 Å². The zero-order valence-corrected chi connectivity index (χ0v) is 11.0. The summed E-state index contributed by atoms with van der Waals surface area (Å²) >= 11 is 0. The summed E-state index contributed by atoms with van der Waals surface area (Å²) in [4.78, 5) is 2.14. The van der Waals surface area contributed by atoms with Gasteiger partial charge in [-0.2, -0.15) is 0 Å². The van der Waals surface area contributed by atoms with Crippen molar-refractivity contribution in [2.45, 2.75) is 25.4 Å². The monoisotopic (exact) mass is 252 g/mol. The Bertz CT molecular complexity index is 405. The van der Waals surface area contributed by atoms with Gasteiger partial charge in [0.05, 0.1) is 6.61 Å². The minimum Gasteiger partial charge on any atom is -0.380 e. The fourth-order valence-corrected chi connectivity index (χ4v) is 2.53. The van der Waals surface area contributed by atoms with Gasteiger partial charge >= 0.3 is 0 Å². The molecule has 2 unspecified atom stereocenters. The highest BCUT2D eigenvalue weighted by molar-refractivity contribution is 5.27. The number of nitrogens with zero attached hydrogens (tertiary/aromatic N) is 1. The maximum absolute atomic E-state index is 13.9. The van der Waals surface area contributed by atoms with Crippen molar-refractivity contribution in [1.29, 1.82) is 0 Å². The molecule has 1 aromatic rings. The summed E-state index contributed by atoms with van der Waals surface area (Å²) in [5.74, 6) is -0.179. The minimum atomic E-state index is -0.179. The predicted molar refractivity (Wildman–Crippen MR) is 69.9 cm³/mol. The average Bonchev–Trinajstić information content (AvgIpc) is 2.88. The molecule has 1 aliphatic rings. The third kappa shape index (κ3) is 2.71. The number of benzene rings is 1. The maximum Gasteiger partial charge on any atom is 0.128 e. The van der Waals surface area contributed by atoms with E-state index in [0.29, 0.717) is 24.8 Å². The van der Waals surface area contributed by atoms with E-state index in [1.165, 1.54) is 6.07 Å². The van der Waals surface area contributed by atoms with Crippen LogP contribution in [0.1, 0.15) is 23.6 Å². The van der Waals surface area contributed by atoms with Crippen molar-refractivity contribution in [2.24, 2.45) is 5.73 Å². The molecule has 18 heavy (non-hydrogen) atoms. The van der Waals surface area contributed by atoms with Crippen LogP contribution in [0.4, 0.5) is 4.39 Å². The number of likely N-dealkylation sites (N-methyl/N-ethyl adjacent to an activating group) is 1. The van der Waals surface area contributed by atoms with Crippen LogP contribution in [0.15, 0.2) is 18.2 Å². The van der Waals surface area contributed by atoms with E-state index in [1.807, 2.05) is 20.0 Å². The Balaban J connectivity index is 2.23. The summed E-state index contributed by atoms with van der Waals surface area (Å²) in [5.41, 5.74) is 7.59. The SMILES string of the molecule is Cc1ccc(F)c(C(CN)N(C)C2CCOC2)c1. The first-order valence-electron chi connectivity index (χ1n) is 6.39. The zero-order chi connectivity index (χ0) is 13.1. The van der Waals surface area contributed by atoms with Gasteiger partial charge in [0.15, 0.2) is 0 Å². The van der Waals surface area contributed by atoms with Gasteiger partial charge in [-0.3, -0.25) is 4.90 Å². The molecule has 0 aliphatic carbocycles. The van der Waals surface area contributed by atoms with Gasteiger partial charge in [-0.1, -0.05) is 17.7 Å². The predicted octanol–water partition coefficient (Wildman–Crippen LogP) is 1.85. The van der Waals surface area contributed by atoms with Gasteiger partial charge in [-0.05, 0) is 26.5 Å². The van der Waals surface area contributed by atoms with Crippen molar-refractivity contribution in [1.82, 2.24) is 4.90 Å². The number of rotatable bonds is 4. The van der Waals surface area contributed by atoms with Crippen LogP contribution in [-0.2, 0) is 4.74 Å². The van der Waals surface area contributed by atoms with Gasteiger partial charge in [-0.25, -0.2) is 4.39 Å². The molecule has 0 aromatic heterocycles. The van der Waals surface area contributed by atoms with Crippen molar-refractivity contribution in [3.05, 3.63) is 35.1 Å². The lowest BCUT2D eigenvalue weighted by Gasteiger charge is -2.32. The number of halogens is 1. The second-order valence-electron chi connectivity index (χ2n) is 4.96. The van der Waals surface area contributed by atoms with E-state index in [0.717, 1.165) is 18.6 Å². The molecule has 2 atom stereocenters. The fraction of sp³-hybridized carbons (Fsp3) is 0.571. The van der Waals surface area contributed by atoms with E-state index in [1.54, 1.807) is 6.07 Å². The van der Waals surface area contributed by atoms with Crippen LogP contribution < -0.4 is 5.73 Å². The first-order valence-corrected chi connectivity index (χ1v) is 6.39. The Labute approximate surface area is 108 Å². The molecule has 3 nitrogen and oxygen atoms in total. The van der Waals surface area contributed by atoms with Crippen LogP contribution in [0.3, 0.4) is 0 Å². The lowest BCUT2D eigenvalue weighted by atomic mass is 10.0. The molecule has 4 heteroatoms. The molecule has 0 saturated carbocycles. The molecule has 100 valence electrons. The molecule has 0 bridgehead atoms. The number of ether oxygens (including phenoxy) is 1. The van der Waals surface area contributed by atoms with E-state index in [2.05, 4.69) is 4.90 Å². The van der Waals surface area contributed by atoms with Gasteiger partial charge in [0.25, 0.3) is 0 Å². The Morgan fingerprint density at radius 1 is 1.56 bits per heavy atom. The highest BCUT2D eigenvalue weighted by atomic mass is 19.1. The topological polar surface area (TPSA) is 38.5 Å².